The van der Waals surface area contributed by atoms with E-state index in [9.17, 15) is 4.39 Å². The molecule has 2 aromatic carbocycles. The molecule has 0 amide bonds. The fraction of sp³-hybridized carbons (Fsp3) is 0.304. The lowest BCUT2D eigenvalue weighted by atomic mass is 10.1. The van der Waals surface area contributed by atoms with E-state index in [4.69, 9.17) is 0 Å². The van der Waals surface area contributed by atoms with Crippen molar-refractivity contribution >= 4 is 23.1 Å². The van der Waals surface area contributed by atoms with Crippen LogP contribution in [0.25, 0.3) is 0 Å². The number of aryl methyl sites for hydroxylation is 2. The maximum atomic E-state index is 14.0. The highest BCUT2D eigenvalue weighted by Crippen LogP contribution is 2.26. The number of piperazine rings is 1. The van der Waals surface area contributed by atoms with E-state index in [1.54, 1.807) is 18.2 Å². The van der Waals surface area contributed by atoms with Crippen LogP contribution in [0.3, 0.4) is 0 Å². The molecule has 1 aliphatic heterocycles. The molecule has 1 N–H and O–H groups in total. The molecule has 150 valence electrons. The van der Waals surface area contributed by atoms with Gasteiger partial charge in [0.2, 0.25) is 5.95 Å². The SMILES string of the molecule is Cc1cc(N2CCN(c3cccc(C)c3C)CC2)nc(Nc2ccccc2F)n1. The molecule has 2 heterocycles. The van der Waals surface area contributed by atoms with Gasteiger partial charge in [-0.05, 0) is 50.1 Å². The summed E-state index contributed by atoms with van der Waals surface area (Å²) in [7, 11) is 0. The van der Waals surface area contributed by atoms with Gasteiger partial charge in [-0.2, -0.15) is 4.98 Å². The minimum Gasteiger partial charge on any atom is -0.368 e. The van der Waals surface area contributed by atoms with Crippen LogP contribution >= 0.6 is 0 Å². The number of para-hydroxylation sites is 1. The first-order chi connectivity index (χ1) is 14.0. The third-order valence-electron chi connectivity index (χ3n) is 5.48. The quantitative estimate of drug-likeness (QED) is 0.704. The molecule has 0 saturated carbocycles. The molecule has 0 aliphatic carbocycles. The number of rotatable bonds is 4. The van der Waals surface area contributed by atoms with Crippen molar-refractivity contribution in [2.75, 3.05) is 41.3 Å². The monoisotopic (exact) mass is 391 g/mol. The molecule has 6 heteroatoms. The van der Waals surface area contributed by atoms with Crippen molar-refractivity contribution in [2.45, 2.75) is 20.8 Å². The summed E-state index contributed by atoms with van der Waals surface area (Å²) in [5.41, 5.74) is 5.20. The predicted molar refractivity (Wildman–Crippen MR) is 117 cm³/mol. The summed E-state index contributed by atoms with van der Waals surface area (Å²) in [6, 6.07) is 15.0. The van der Waals surface area contributed by atoms with Crippen LogP contribution in [0.5, 0.6) is 0 Å². The minimum absolute atomic E-state index is 0.318. The van der Waals surface area contributed by atoms with Crippen LogP contribution in [0.1, 0.15) is 16.8 Å². The topological polar surface area (TPSA) is 44.3 Å². The lowest BCUT2D eigenvalue weighted by molar-refractivity contribution is 0.631. The first-order valence-corrected chi connectivity index (χ1v) is 9.94. The zero-order valence-electron chi connectivity index (χ0n) is 17.1. The molecule has 3 aromatic rings. The lowest BCUT2D eigenvalue weighted by Gasteiger charge is -2.37. The van der Waals surface area contributed by atoms with Gasteiger partial charge in [0.15, 0.2) is 0 Å². The second kappa shape index (κ2) is 8.07. The molecule has 1 aromatic heterocycles. The molecule has 1 saturated heterocycles. The largest absolute Gasteiger partial charge is 0.368 e. The standard InChI is InChI=1S/C23H26FN5/c1-16-7-6-10-21(18(16)3)28-11-13-29(14-12-28)22-15-17(2)25-23(27-22)26-20-9-5-4-8-19(20)24/h4-10,15H,11-14H2,1-3H3,(H,25,26,27). The first-order valence-electron chi connectivity index (χ1n) is 9.94. The fourth-order valence-electron chi connectivity index (χ4n) is 3.71. The van der Waals surface area contributed by atoms with E-state index >= 15 is 0 Å². The Morgan fingerprint density at radius 1 is 0.862 bits per heavy atom. The summed E-state index contributed by atoms with van der Waals surface area (Å²) in [5, 5.41) is 3.01. The van der Waals surface area contributed by atoms with Gasteiger partial charge in [-0.25, -0.2) is 9.37 Å². The molecule has 4 rings (SSSR count). The third-order valence-corrected chi connectivity index (χ3v) is 5.48. The molecule has 29 heavy (non-hydrogen) atoms. The van der Waals surface area contributed by atoms with Crippen LogP contribution in [-0.4, -0.2) is 36.1 Å². The van der Waals surface area contributed by atoms with E-state index in [0.717, 1.165) is 37.7 Å². The summed E-state index contributed by atoms with van der Waals surface area (Å²) in [5.74, 6) is 0.973. The molecular weight excluding hydrogens is 365 g/mol. The molecular formula is C23H26FN5. The zero-order chi connectivity index (χ0) is 20.4. The number of benzene rings is 2. The minimum atomic E-state index is -0.318. The number of anilines is 4. The zero-order valence-corrected chi connectivity index (χ0v) is 17.1. The Morgan fingerprint density at radius 3 is 2.34 bits per heavy atom. The predicted octanol–water partition coefficient (Wildman–Crippen LogP) is 4.61. The Balaban J connectivity index is 1.49. The number of nitrogens with one attached hydrogen (secondary N) is 1. The van der Waals surface area contributed by atoms with Crippen molar-refractivity contribution in [3.05, 3.63) is 71.2 Å². The highest BCUT2D eigenvalue weighted by Gasteiger charge is 2.20. The van der Waals surface area contributed by atoms with Crippen LogP contribution in [0.2, 0.25) is 0 Å². The summed E-state index contributed by atoms with van der Waals surface area (Å²) in [6.07, 6.45) is 0. The van der Waals surface area contributed by atoms with E-state index in [2.05, 4.69) is 57.1 Å². The molecule has 1 fully saturated rings. The first kappa shape index (κ1) is 19.2. The van der Waals surface area contributed by atoms with E-state index in [1.807, 2.05) is 13.0 Å². The van der Waals surface area contributed by atoms with E-state index < -0.39 is 0 Å². The van der Waals surface area contributed by atoms with Gasteiger partial charge in [0, 0.05) is 43.6 Å². The fourth-order valence-corrected chi connectivity index (χ4v) is 3.71. The van der Waals surface area contributed by atoms with Crippen LogP contribution in [0.4, 0.5) is 27.5 Å². The summed E-state index contributed by atoms with van der Waals surface area (Å²) in [4.78, 5) is 13.8. The maximum Gasteiger partial charge on any atom is 0.229 e. The number of nitrogens with zero attached hydrogens (tertiary/aromatic N) is 4. The molecule has 0 spiro atoms. The second-order valence-electron chi connectivity index (χ2n) is 7.49. The van der Waals surface area contributed by atoms with Crippen LogP contribution in [0, 0.1) is 26.6 Å². The van der Waals surface area contributed by atoms with Gasteiger partial charge in [-0.15, -0.1) is 0 Å². The van der Waals surface area contributed by atoms with Gasteiger partial charge >= 0.3 is 0 Å². The van der Waals surface area contributed by atoms with Crippen molar-refractivity contribution < 1.29 is 4.39 Å². The van der Waals surface area contributed by atoms with Crippen LogP contribution in [0.15, 0.2) is 48.5 Å². The molecule has 0 bridgehead atoms. The van der Waals surface area contributed by atoms with Crippen LogP contribution in [-0.2, 0) is 0 Å². The van der Waals surface area contributed by atoms with E-state index in [-0.39, 0.29) is 5.82 Å². The van der Waals surface area contributed by atoms with Crippen molar-refractivity contribution in [2.24, 2.45) is 0 Å². The molecule has 5 nitrogen and oxygen atoms in total. The van der Waals surface area contributed by atoms with Gasteiger partial charge in [0.05, 0.1) is 5.69 Å². The molecule has 0 unspecified atom stereocenters. The third kappa shape index (κ3) is 4.16. The van der Waals surface area contributed by atoms with Gasteiger partial charge in [-0.3, -0.25) is 0 Å². The maximum absolute atomic E-state index is 14.0. The second-order valence-corrected chi connectivity index (χ2v) is 7.49. The van der Waals surface area contributed by atoms with Crippen molar-refractivity contribution in [1.82, 2.24) is 9.97 Å². The van der Waals surface area contributed by atoms with Crippen LogP contribution < -0.4 is 15.1 Å². The summed E-state index contributed by atoms with van der Waals surface area (Å²) >= 11 is 0. The van der Waals surface area contributed by atoms with Gasteiger partial charge in [0.25, 0.3) is 0 Å². The molecule has 0 atom stereocenters. The lowest BCUT2D eigenvalue weighted by Crippen LogP contribution is -2.47. The highest BCUT2D eigenvalue weighted by atomic mass is 19.1. The average molecular weight is 391 g/mol. The van der Waals surface area contributed by atoms with Crippen molar-refractivity contribution in [1.29, 1.82) is 0 Å². The average Bonchev–Trinajstić information content (AvgIpc) is 2.72. The van der Waals surface area contributed by atoms with Crippen molar-refractivity contribution in [3.8, 4) is 0 Å². The smallest absolute Gasteiger partial charge is 0.229 e. The van der Waals surface area contributed by atoms with E-state index in [1.165, 1.54) is 22.9 Å². The Labute approximate surface area is 171 Å². The Kier molecular flexibility index (Phi) is 5.34. The summed E-state index contributed by atoms with van der Waals surface area (Å²) < 4.78 is 14.0. The van der Waals surface area contributed by atoms with E-state index in [0.29, 0.717) is 11.6 Å². The number of hydrogen-bond acceptors (Lipinski definition) is 5. The molecule has 1 aliphatic rings. The Bertz CT molecular complexity index is 1010. The number of halogens is 1. The highest BCUT2D eigenvalue weighted by molar-refractivity contribution is 5.59. The Morgan fingerprint density at radius 2 is 1.59 bits per heavy atom. The van der Waals surface area contributed by atoms with Gasteiger partial charge in [0.1, 0.15) is 11.6 Å². The Hall–Kier alpha value is -3.15. The number of hydrogen-bond donors (Lipinski definition) is 1. The van der Waals surface area contributed by atoms with Gasteiger partial charge in [-0.1, -0.05) is 24.3 Å². The summed E-state index contributed by atoms with van der Waals surface area (Å²) in [6.45, 7) is 9.90. The normalized spacial score (nSPS) is 14.2. The number of aromatic nitrogens is 2. The molecule has 0 radical (unpaired) electrons. The van der Waals surface area contributed by atoms with Crippen molar-refractivity contribution in [3.63, 3.8) is 0 Å². The van der Waals surface area contributed by atoms with Gasteiger partial charge < -0.3 is 15.1 Å².